The topological polar surface area (TPSA) is 116 Å². The van der Waals surface area contributed by atoms with E-state index in [4.69, 9.17) is 27.4 Å². The minimum absolute atomic E-state index is 0.0531. The van der Waals surface area contributed by atoms with Crippen molar-refractivity contribution in [2.75, 3.05) is 0 Å². The Bertz CT molecular complexity index is 594. The Labute approximate surface area is 166 Å². The van der Waals surface area contributed by atoms with Crippen LogP contribution in [0.5, 0.6) is 0 Å². The first-order valence-corrected chi connectivity index (χ1v) is 10.1. The molecule has 1 fully saturated rings. The molecule has 27 heavy (non-hydrogen) atoms. The Morgan fingerprint density at radius 3 is 2.37 bits per heavy atom. The monoisotopic (exact) mass is 396 g/mol. The molecule has 0 aliphatic heterocycles. The van der Waals surface area contributed by atoms with Crippen molar-refractivity contribution in [2.45, 2.75) is 69.4 Å². The molecule has 1 saturated carbocycles. The van der Waals surface area contributed by atoms with Crippen LogP contribution in [0.4, 0.5) is 0 Å². The van der Waals surface area contributed by atoms with Gasteiger partial charge in [0, 0.05) is 17.6 Å². The summed E-state index contributed by atoms with van der Waals surface area (Å²) in [6.07, 6.45) is 5.11. The van der Waals surface area contributed by atoms with E-state index in [2.05, 4.69) is 5.32 Å². The van der Waals surface area contributed by atoms with Gasteiger partial charge in [-0.3, -0.25) is 4.79 Å². The lowest BCUT2D eigenvalue weighted by atomic mass is 9.71. The summed E-state index contributed by atoms with van der Waals surface area (Å²) in [5.74, 6) is -1.01. The van der Waals surface area contributed by atoms with E-state index in [1.807, 2.05) is 24.3 Å². The van der Waals surface area contributed by atoms with Gasteiger partial charge in [0.1, 0.15) is 5.54 Å². The maximum absolute atomic E-state index is 11.8. The van der Waals surface area contributed by atoms with Gasteiger partial charge in [0.25, 0.3) is 0 Å². The van der Waals surface area contributed by atoms with Crippen LogP contribution in [0.3, 0.4) is 0 Å². The van der Waals surface area contributed by atoms with Crippen molar-refractivity contribution in [1.29, 1.82) is 0 Å². The van der Waals surface area contributed by atoms with Crippen LogP contribution >= 0.6 is 11.6 Å². The van der Waals surface area contributed by atoms with Gasteiger partial charge in [0.2, 0.25) is 0 Å². The third-order valence-corrected chi connectivity index (χ3v) is 5.92. The molecular weight excluding hydrogens is 366 g/mol. The summed E-state index contributed by atoms with van der Waals surface area (Å²) in [6, 6.07) is 8.11. The molecule has 1 atom stereocenters. The van der Waals surface area contributed by atoms with Gasteiger partial charge in [-0.05, 0) is 62.0 Å². The predicted octanol–water partition coefficient (Wildman–Crippen LogP) is 2.41. The molecule has 1 aromatic carbocycles. The zero-order valence-corrected chi connectivity index (χ0v) is 16.4. The summed E-state index contributed by atoms with van der Waals surface area (Å²) in [5.41, 5.74) is 6.24. The van der Waals surface area contributed by atoms with Crippen molar-refractivity contribution in [3.05, 3.63) is 34.9 Å². The van der Waals surface area contributed by atoms with E-state index in [1.165, 1.54) is 5.56 Å². The van der Waals surface area contributed by atoms with Crippen molar-refractivity contribution in [3.8, 4) is 0 Å². The van der Waals surface area contributed by atoms with Gasteiger partial charge in [-0.25, -0.2) is 0 Å². The van der Waals surface area contributed by atoms with Gasteiger partial charge in [-0.2, -0.15) is 0 Å². The molecule has 2 rings (SSSR count). The fraction of sp³-hybridized carbons (Fsp3) is 0.632. The molecular formula is C19H30BClN2O4. The average molecular weight is 397 g/mol. The highest BCUT2D eigenvalue weighted by Gasteiger charge is 2.43. The van der Waals surface area contributed by atoms with Crippen molar-refractivity contribution >= 4 is 24.7 Å². The number of nitrogens with one attached hydrogen (secondary N) is 1. The third kappa shape index (κ3) is 6.77. The lowest BCUT2D eigenvalue weighted by Crippen LogP contribution is -2.55. The highest BCUT2D eigenvalue weighted by Crippen LogP contribution is 2.35. The summed E-state index contributed by atoms with van der Waals surface area (Å²) < 4.78 is 0. The standard InChI is InChI=1S/C19H30BClN2O4/c21-16-7-3-14(4-8-16)13-23-17-9-5-15(6-10-17)19(22,18(24)25)11-1-2-12-20(26)27/h3-4,7-8,15,17,23,26-27H,1-2,5-6,9-13,22H2,(H,24,25)/t15-,17-,19?. The number of halogens is 1. The summed E-state index contributed by atoms with van der Waals surface area (Å²) in [4.78, 5) is 11.8. The van der Waals surface area contributed by atoms with Crippen LogP contribution < -0.4 is 11.1 Å². The second-order valence-electron chi connectivity index (χ2n) is 7.63. The largest absolute Gasteiger partial charge is 0.480 e. The van der Waals surface area contributed by atoms with Gasteiger partial charge in [0.15, 0.2) is 0 Å². The molecule has 1 aliphatic rings. The molecule has 0 saturated heterocycles. The SMILES string of the molecule is NC(CCCCB(O)O)(C(=O)O)[C@H]1CC[C@H](NCc2ccc(Cl)cc2)CC1. The van der Waals surface area contributed by atoms with E-state index >= 15 is 0 Å². The second kappa shape index (κ2) is 10.4. The van der Waals surface area contributed by atoms with E-state index in [-0.39, 0.29) is 12.2 Å². The highest BCUT2D eigenvalue weighted by atomic mass is 35.5. The fourth-order valence-electron chi connectivity index (χ4n) is 3.91. The Hall–Kier alpha value is -1.12. The first kappa shape index (κ1) is 22.2. The first-order chi connectivity index (χ1) is 12.8. The van der Waals surface area contributed by atoms with Crippen molar-refractivity contribution < 1.29 is 19.9 Å². The van der Waals surface area contributed by atoms with Gasteiger partial charge < -0.3 is 26.2 Å². The quantitative estimate of drug-likeness (QED) is 0.306. The van der Waals surface area contributed by atoms with Crippen LogP contribution in [0.2, 0.25) is 11.3 Å². The molecule has 1 unspecified atom stereocenters. The van der Waals surface area contributed by atoms with Crippen LogP contribution in [0.1, 0.15) is 50.5 Å². The first-order valence-electron chi connectivity index (χ1n) is 9.67. The molecule has 0 amide bonds. The minimum Gasteiger partial charge on any atom is -0.480 e. The van der Waals surface area contributed by atoms with Crippen LogP contribution in [-0.4, -0.2) is 39.8 Å². The van der Waals surface area contributed by atoms with Gasteiger partial charge in [0.05, 0.1) is 0 Å². The summed E-state index contributed by atoms with van der Waals surface area (Å²) in [5, 5.41) is 31.8. The Balaban J connectivity index is 1.80. The minimum atomic E-state index is -1.34. The average Bonchev–Trinajstić information content (AvgIpc) is 2.64. The van der Waals surface area contributed by atoms with E-state index in [0.717, 1.165) is 37.3 Å². The number of unbranched alkanes of at least 4 members (excludes halogenated alkanes) is 1. The lowest BCUT2D eigenvalue weighted by molar-refractivity contribution is -0.146. The predicted molar refractivity (Wildman–Crippen MR) is 107 cm³/mol. The molecule has 0 aromatic heterocycles. The number of rotatable bonds is 10. The molecule has 0 spiro atoms. The van der Waals surface area contributed by atoms with Gasteiger partial charge in [-0.15, -0.1) is 0 Å². The van der Waals surface area contributed by atoms with Crippen LogP contribution in [0.25, 0.3) is 0 Å². The highest BCUT2D eigenvalue weighted by molar-refractivity contribution is 6.40. The maximum atomic E-state index is 11.8. The number of hydrogen-bond acceptors (Lipinski definition) is 5. The Morgan fingerprint density at radius 1 is 1.19 bits per heavy atom. The smallest absolute Gasteiger partial charge is 0.451 e. The molecule has 6 N–H and O–H groups in total. The zero-order valence-electron chi connectivity index (χ0n) is 15.6. The Kier molecular flexibility index (Phi) is 8.57. The number of carboxylic acids is 1. The van der Waals surface area contributed by atoms with E-state index in [9.17, 15) is 9.90 Å². The molecule has 0 bridgehead atoms. The van der Waals surface area contributed by atoms with Gasteiger partial charge >= 0.3 is 13.1 Å². The van der Waals surface area contributed by atoms with Crippen molar-refractivity contribution in [3.63, 3.8) is 0 Å². The molecule has 1 aromatic rings. The number of carboxylic acid groups (broad SMARTS) is 1. The normalized spacial score (nSPS) is 22.2. The van der Waals surface area contributed by atoms with Gasteiger partial charge in [-0.1, -0.05) is 36.6 Å². The van der Waals surface area contributed by atoms with Crippen LogP contribution in [0, 0.1) is 5.92 Å². The summed E-state index contributed by atoms with van der Waals surface area (Å²) >= 11 is 5.90. The van der Waals surface area contributed by atoms with Crippen LogP contribution in [0.15, 0.2) is 24.3 Å². The number of hydrogen-bond donors (Lipinski definition) is 5. The maximum Gasteiger partial charge on any atom is 0.451 e. The number of nitrogens with two attached hydrogens (primary N) is 1. The molecule has 8 heteroatoms. The molecule has 0 heterocycles. The van der Waals surface area contributed by atoms with E-state index in [0.29, 0.717) is 25.3 Å². The lowest BCUT2D eigenvalue weighted by Gasteiger charge is -2.39. The molecule has 0 radical (unpaired) electrons. The van der Waals surface area contributed by atoms with Crippen LogP contribution in [-0.2, 0) is 11.3 Å². The number of carbonyl (C=O) groups is 1. The van der Waals surface area contributed by atoms with E-state index < -0.39 is 18.6 Å². The van der Waals surface area contributed by atoms with Crippen molar-refractivity contribution in [2.24, 2.45) is 11.7 Å². The number of benzene rings is 1. The fourth-order valence-corrected chi connectivity index (χ4v) is 4.03. The van der Waals surface area contributed by atoms with E-state index in [1.54, 1.807) is 0 Å². The molecule has 150 valence electrons. The second-order valence-corrected chi connectivity index (χ2v) is 8.06. The van der Waals surface area contributed by atoms with Crippen molar-refractivity contribution in [1.82, 2.24) is 5.32 Å². The molecule has 1 aliphatic carbocycles. The summed E-state index contributed by atoms with van der Waals surface area (Å²) in [6.45, 7) is 0.767. The summed E-state index contributed by atoms with van der Waals surface area (Å²) in [7, 11) is -1.34. The zero-order chi connectivity index (χ0) is 19.9. The third-order valence-electron chi connectivity index (χ3n) is 5.66. The number of aliphatic carboxylic acids is 1. The Morgan fingerprint density at radius 2 is 1.81 bits per heavy atom. The molecule has 6 nitrogen and oxygen atoms in total.